The van der Waals surface area contributed by atoms with Gasteiger partial charge in [-0.2, -0.15) is 13.2 Å². The van der Waals surface area contributed by atoms with Crippen LogP contribution in [0.15, 0.2) is 36.4 Å². The molecule has 0 bridgehead atoms. The van der Waals surface area contributed by atoms with Crippen LogP contribution in [-0.2, 0) is 11.3 Å². The number of imide groups is 1. The van der Waals surface area contributed by atoms with Gasteiger partial charge in [0.2, 0.25) is 19.5 Å². The van der Waals surface area contributed by atoms with Gasteiger partial charge in [0, 0.05) is 17.4 Å². The van der Waals surface area contributed by atoms with Gasteiger partial charge >= 0.3 is 6.18 Å². The molecule has 0 fully saturated rings. The summed E-state index contributed by atoms with van der Waals surface area (Å²) in [6.07, 6.45) is -6.58. The number of fused-ring (bicyclic) bond motifs is 5. The number of hydrogen-bond acceptors (Lipinski definition) is 6. The molecule has 3 aliphatic heterocycles. The van der Waals surface area contributed by atoms with Gasteiger partial charge < -0.3 is 18.9 Å². The average Bonchev–Trinajstić information content (AvgIpc) is 3.54. The van der Waals surface area contributed by atoms with E-state index < -0.39 is 30.8 Å². The molecule has 3 aromatic carbocycles. The molecule has 174 valence electrons. The molecule has 0 radical (unpaired) electrons. The number of amides is 2. The summed E-state index contributed by atoms with van der Waals surface area (Å²) < 4.78 is 60.2. The molecular weight excluding hydrogens is 455 g/mol. The quantitative estimate of drug-likeness (QED) is 0.547. The van der Waals surface area contributed by atoms with Gasteiger partial charge in [0.1, 0.15) is 0 Å². The van der Waals surface area contributed by atoms with E-state index in [1.54, 1.807) is 36.4 Å². The number of nitrogens with zero attached hydrogens (tertiary/aromatic N) is 1. The maximum Gasteiger partial charge on any atom is 0.389 e. The molecule has 0 spiro atoms. The van der Waals surface area contributed by atoms with E-state index in [-0.39, 0.29) is 25.7 Å². The highest BCUT2D eigenvalue weighted by Gasteiger charge is 2.38. The highest BCUT2D eigenvalue weighted by atomic mass is 19.4. The molecule has 0 saturated carbocycles. The van der Waals surface area contributed by atoms with Gasteiger partial charge in [0.15, 0.2) is 23.0 Å². The van der Waals surface area contributed by atoms with Crippen molar-refractivity contribution in [3.8, 4) is 34.1 Å². The number of carbonyl (C=O) groups excluding carboxylic acids is 2. The second-order valence-electron chi connectivity index (χ2n) is 8.14. The van der Waals surface area contributed by atoms with Crippen molar-refractivity contribution in [3.05, 3.63) is 47.5 Å². The van der Waals surface area contributed by atoms with Crippen molar-refractivity contribution in [2.24, 2.45) is 0 Å². The first kappa shape index (κ1) is 20.6. The zero-order valence-corrected chi connectivity index (χ0v) is 17.5. The van der Waals surface area contributed by atoms with Crippen LogP contribution >= 0.6 is 0 Å². The Labute approximate surface area is 190 Å². The molecule has 2 amide bonds. The Morgan fingerprint density at radius 2 is 1.68 bits per heavy atom. The molecule has 6 rings (SSSR count). The first-order chi connectivity index (χ1) is 16.3. The largest absolute Gasteiger partial charge is 0.454 e. The van der Waals surface area contributed by atoms with Crippen molar-refractivity contribution in [1.82, 2.24) is 4.90 Å². The van der Waals surface area contributed by atoms with Gasteiger partial charge in [-0.25, -0.2) is 0 Å². The van der Waals surface area contributed by atoms with Gasteiger partial charge in [0.25, 0.3) is 5.91 Å². The lowest BCUT2D eigenvalue weighted by Gasteiger charge is -2.16. The van der Waals surface area contributed by atoms with E-state index in [9.17, 15) is 22.8 Å². The van der Waals surface area contributed by atoms with Crippen LogP contribution in [0.2, 0.25) is 0 Å². The predicted molar refractivity (Wildman–Crippen MR) is 112 cm³/mol. The normalized spacial score (nSPS) is 15.9. The van der Waals surface area contributed by atoms with Crippen molar-refractivity contribution < 1.29 is 41.7 Å². The van der Waals surface area contributed by atoms with Crippen LogP contribution in [0, 0.1) is 0 Å². The van der Waals surface area contributed by atoms with Crippen molar-refractivity contribution in [1.29, 1.82) is 0 Å². The molecule has 3 heterocycles. The molecule has 7 nitrogen and oxygen atoms in total. The summed E-state index contributed by atoms with van der Waals surface area (Å²) in [5.74, 6) is 0.646. The number of carbonyl (C=O) groups is 2. The van der Waals surface area contributed by atoms with Gasteiger partial charge in [-0.1, -0.05) is 12.1 Å². The van der Waals surface area contributed by atoms with Crippen molar-refractivity contribution in [2.45, 2.75) is 25.6 Å². The Morgan fingerprint density at radius 1 is 0.941 bits per heavy atom. The van der Waals surface area contributed by atoms with Crippen LogP contribution in [0.1, 0.15) is 28.8 Å². The standard InChI is InChI=1S/C24H16F3NO6/c25-24(26,27)6-5-19(29)28-9-15-14(23(28)30)7-12-2-4-17-22(34-11-32-17)21(12)20(15)13-1-3-16-18(8-13)33-10-31-16/h1-4,7-8H,5-6,9-11H2. The fourth-order valence-corrected chi connectivity index (χ4v) is 4.58. The average molecular weight is 471 g/mol. The van der Waals surface area contributed by atoms with Gasteiger partial charge in [-0.3, -0.25) is 14.5 Å². The highest BCUT2D eigenvalue weighted by Crippen LogP contribution is 2.49. The van der Waals surface area contributed by atoms with E-state index in [0.29, 0.717) is 50.5 Å². The zero-order valence-electron chi connectivity index (χ0n) is 17.5. The minimum absolute atomic E-state index is 0.0348. The van der Waals surface area contributed by atoms with E-state index in [4.69, 9.17) is 18.9 Å². The van der Waals surface area contributed by atoms with E-state index in [1.165, 1.54) is 0 Å². The number of benzene rings is 3. The molecular formula is C24H16F3NO6. The molecule has 0 aliphatic carbocycles. The van der Waals surface area contributed by atoms with Crippen molar-refractivity contribution in [2.75, 3.05) is 13.6 Å². The molecule has 3 aliphatic rings. The minimum Gasteiger partial charge on any atom is -0.454 e. The van der Waals surface area contributed by atoms with E-state index in [2.05, 4.69) is 0 Å². The molecule has 0 saturated heterocycles. The van der Waals surface area contributed by atoms with Crippen LogP contribution < -0.4 is 18.9 Å². The van der Waals surface area contributed by atoms with Gasteiger partial charge in [-0.15, -0.1) is 0 Å². The van der Waals surface area contributed by atoms with Gasteiger partial charge in [0.05, 0.1) is 13.0 Å². The number of ether oxygens (including phenoxy) is 4. The van der Waals surface area contributed by atoms with E-state index in [0.717, 1.165) is 4.90 Å². The lowest BCUT2D eigenvalue weighted by molar-refractivity contribution is -0.147. The Hall–Kier alpha value is -3.95. The first-order valence-corrected chi connectivity index (χ1v) is 10.5. The fourth-order valence-electron chi connectivity index (χ4n) is 4.58. The summed E-state index contributed by atoms with van der Waals surface area (Å²) in [6.45, 7) is -0.0268. The summed E-state index contributed by atoms with van der Waals surface area (Å²) in [7, 11) is 0. The second-order valence-corrected chi connectivity index (χ2v) is 8.14. The van der Waals surface area contributed by atoms with Crippen LogP contribution in [0.3, 0.4) is 0 Å². The van der Waals surface area contributed by atoms with Crippen molar-refractivity contribution >= 4 is 22.6 Å². The number of rotatable bonds is 3. The Morgan fingerprint density at radius 3 is 2.50 bits per heavy atom. The molecule has 0 aromatic heterocycles. The SMILES string of the molecule is O=C(CCC(F)(F)F)N1Cc2c(cc3ccc4c(c3c2-c2ccc3c(c2)OCO3)OCO4)C1=O. The third kappa shape index (κ3) is 3.20. The van der Waals surface area contributed by atoms with Crippen molar-refractivity contribution in [3.63, 3.8) is 0 Å². The topological polar surface area (TPSA) is 74.3 Å². The highest BCUT2D eigenvalue weighted by molar-refractivity contribution is 6.15. The predicted octanol–water partition coefficient (Wildman–Crippen LogP) is 4.79. The summed E-state index contributed by atoms with van der Waals surface area (Å²) in [5.41, 5.74) is 2.11. The smallest absolute Gasteiger partial charge is 0.389 e. The molecule has 10 heteroatoms. The third-order valence-electron chi connectivity index (χ3n) is 6.12. The maximum atomic E-state index is 13.1. The van der Waals surface area contributed by atoms with E-state index in [1.807, 2.05) is 0 Å². The lowest BCUT2D eigenvalue weighted by Crippen LogP contribution is -2.31. The van der Waals surface area contributed by atoms with Crippen LogP contribution in [0.4, 0.5) is 13.2 Å². The molecule has 3 aromatic rings. The Bertz CT molecular complexity index is 1380. The van der Waals surface area contributed by atoms with Crippen LogP contribution in [0.25, 0.3) is 21.9 Å². The summed E-state index contributed by atoms with van der Waals surface area (Å²) >= 11 is 0. The van der Waals surface area contributed by atoms with Crippen LogP contribution in [0.5, 0.6) is 23.0 Å². The fraction of sp³-hybridized carbons (Fsp3) is 0.250. The number of halogens is 3. The number of alkyl halides is 3. The maximum absolute atomic E-state index is 13.1. The molecule has 34 heavy (non-hydrogen) atoms. The number of hydrogen-bond donors (Lipinski definition) is 0. The summed E-state index contributed by atoms with van der Waals surface area (Å²) in [6, 6.07) is 10.5. The van der Waals surface area contributed by atoms with Crippen LogP contribution in [-0.4, -0.2) is 36.5 Å². The molecule has 0 N–H and O–H groups in total. The zero-order chi connectivity index (χ0) is 23.6. The lowest BCUT2D eigenvalue weighted by atomic mass is 9.90. The summed E-state index contributed by atoms with van der Waals surface area (Å²) in [4.78, 5) is 26.6. The second kappa shape index (κ2) is 7.28. The third-order valence-corrected chi connectivity index (χ3v) is 6.12. The van der Waals surface area contributed by atoms with E-state index >= 15 is 0 Å². The molecule has 0 unspecified atom stereocenters. The molecule has 0 atom stereocenters. The van der Waals surface area contributed by atoms with Gasteiger partial charge in [-0.05, 0) is 46.3 Å². The monoisotopic (exact) mass is 471 g/mol. The Balaban J connectivity index is 1.52. The summed E-state index contributed by atoms with van der Waals surface area (Å²) in [5, 5.41) is 1.36. The minimum atomic E-state index is -4.49. The first-order valence-electron chi connectivity index (χ1n) is 10.5. The Kier molecular flexibility index (Phi) is 4.42.